The molecule has 0 amide bonds. The molecule has 0 fully saturated rings. The number of benzene rings is 1. The molecule has 2 N–H and O–H groups in total. The second-order valence-electron chi connectivity index (χ2n) is 4.45. The number of carbonyl (C=O) groups is 1. The number of hydrogen-bond acceptors (Lipinski definition) is 3. The van der Waals surface area contributed by atoms with Crippen LogP contribution < -0.4 is 5.32 Å². The van der Waals surface area contributed by atoms with Crippen LogP contribution in [0.25, 0.3) is 0 Å². The lowest BCUT2D eigenvalue weighted by molar-refractivity contribution is -0.148. The van der Waals surface area contributed by atoms with Gasteiger partial charge in [-0.1, -0.05) is 29.8 Å². The lowest BCUT2D eigenvalue weighted by Gasteiger charge is -2.27. The van der Waals surface area contributed by atoms with Crippen molar-refractivity contribution in [3.05, 3.63) is 28.2 Å². The molecular weight excluding hydrogens is 308 g/mol. The summed E-state index contributed by atoms with van der Waals surface area (Å²) in [5, 5.41) is 21.5. The molecule has 0 saturated carbocycles. The smallest absolute Gasteiger partial charge is 0.311 e. The van der Waals surface area contributed by atoms with E-state index in [1.165, 1.54) is 0 Å². The van der Waals surface area contributed by atoms with Crippen molar-refractivity contribution >= 4 is 27.6 Å². The Bertz CT molecular complexity index is 505. The molecule has 5 heteroatoms. The molecule has 0 aliphatic rings. The number of nitriles is 1. The fourth-order valence-corrected chi connectivity index (χ4v) is 2.26. The van der Waals surface area contributed by atoms with Gasteiger partial charge >= 0.3 is 5.97 Å². The first-order valence-corrected chi connectivity index (χ1v) is 6.95. The molecule has 0 radical (unpaired) electrons. The van der Waals surface area contributed by atoms with Crippen molar-refractivity contribution in [1.29, 1.82) is 5.26 Å². The lowest BCUT2D eigenvalue weighted by atomic mass is 9.82. The standard InChI is InChI=1S/C14H17BrN2O2/c1-3-14(4-2,13(18)19)9-17-12-7-11(15)6-5-10(12)8-16/h5-7,17H,3-4,9H2,1-2H3,(H,18,19). The number of rotatable bonds is 6. The van der Waals surface area contributed by atoms with Crippen LogP contribution >= 0.6 is 15.9 Å². The minimum Gasteiger partial charge on any atom is -0.481 e. The molecule has 0 aromatic heterocycles. The van der Waals surface area contributed by atoms with Crippen LogP contribution in [0.15, 0.2) is 22.7 Å². The van der Waals surface area contributed by atoms with Gasteiger partial charge in [0.05, 0.1) is 16.7 Å². The summed E-state index contributed by atoms with van der Waals surface area (Å²) in [6, 6.07) is 7.37. The van der Waals surface area contributed by atoms with E-state index in [0.29, 0.717) is 30.6 Å². The number of aliphatic carboxylic acids is 1. The highest BCUT2D eigenvalue weighted by Crippen LogP contribution is 2.29. The Labute approximate surface area is 121 Å². The Kier molecular flexibility index (Phi) is 5.37. The van der Waals surface area contributed by atoms with E-state index in [1.807, 2.05) is 13.8 Å². The van der Waals surface area contributed by atoms with Gasteiger partial charge in [-0.05, 0) is 31.0 Å². The SMILES string of the molecule is CCC(CC)(CNc1cc(Br)ccc1C#N)C(=O)O. The van der Waals surface area contributed by atoms with E-state index < -0.39 is 11.4 Å². The molecule has 102 valence electrons. The molecule has 1 aromatic rings. The second kappa shape index (κ2) is 6.58. The van der Waals surface area contributed by atoms with Crippen molar-refractivity contribution in [3.8, 4) is 6.07 Å². The number of carboxylic acid groups (broad SMARTS) is 1. The summed E-state index contributed by atoms with van der Waals surface area (Å²) in [7, 11) is 0. The summed E-state index contributed by atoms with van der Waals surface area (Å²) >= 11 is 3.34. The van der Waals surface area contributed by atoms with Gasteiger partial charge in [0.1, 0.15) is 6.07 Å². The summed E-state index contributed by atoms with van der Waals surface area (Å²) in [6.07, 6.45) is 1.09. The van der Waals surface area contributed by atoms with Crippen molar-refractivity contribution in [1.82, 2.24) is 0 Å². The van der Waals surface area contributed by atoms with E-state index in [-0.39, 0.29) is 0 Å². The molecule has 1 rings (SSSR count). The van der Waals surface area contributed by atoms with Crippen molar-refractivity contribution < 1.29 is 9.90 Å². The van der Waals surface area contributed by atoms with Gasteiger partial charge in [-0.3, -0.25) is 4.79 Å². The Morgan fingerprint density at radius 3 is 2.58 bits per heavy atom. The molecule has 0 aliphatic carbocycles. The van der Waals surface area contributed by atoms with Crippen molar-refractivity contribution in [2.45, 2.75) is 26.7 Å². The van der Waals surface area contributed by atoms with E-state index in [9.17, 15) is 9.90 Å². The first kappa shape index (κ1) is 15.5. The maximum absolute atomic E-state index is 11.4. The Morgan fingerprint density at radius 1 is 1.47 bits per heavy atom. The van der Waals surface area contributed by atoms with Crippen LogP contribution in [0.4, 0.5) is 5.69 Å². The van der Waals surface area contributed by atoms with Gasteiger partial charge in [-0.15, -0.1) is 0 Å². The van der Waals surface area contributed by atoms with Gasteiger partial charge in [-0.2, -0.15) is 5.26 Å². The van der Waals surface area contributed by atoms with E-state index in [2.05, 4.69) is 27.3 Å². The van der Waals surface area contributed by atoms with Crippen molar-refractivity contribution in [3.63, 3.8) is 0 Å². The molecule has 0 aliphatic heterocycles. The quantitative estimate of drug-likeness (QED) is 0.838. The average Bonchev–Trinajstić information content (AvgIpc) is 2.40. The van der Waals surface area contributed by atoms with Crippen LogP contribution in [0.2, 0.25) is 0 Å². The van der Waals surface area contributed by atoms with E-state index in [0.717, 1.165) is 4.47 Å². The highest BCUT2D eigenvalue weighted by molar-refractivity contribution is 9.10. The number of nitrogens with one attached hydrogen (secondary N) is 1. The predicted molar refractivity (Wildman–Crippen MR) is 78.0 cm³/mol. The Hall–Kier alpha value is -1.54. The third-order valence-corrected chi connectivity index (χ3v) is 4.02. The van der Waals surface area contributed by atoms with Crippen LogP contribution in [0, 0.1) is 16.7 Å². The zero-order valence-corrected chi connectivity index (χ0v) is 12.6. The van der Waals surface area contributed by atoms with E-state index in [1.54, 1.807) is 18.2 Å². The molecule has 0 saturated heterocycles. The normalized spacial score (nSPS) is 10.8. The minimum absolute atomic E-state index is 0.306. The van der Waals surface area contributed by atoms with Crippen LogP contribution in [-0.4, -0.2) is 17.6 Å². The van der Waals surface area contributed by atoms with Gasteiger partial charge in [0.2, 0.25) is 0 Å². The van der Waals surface area contributed by atoms with Gasteiger partial charge in [0, 0.05) is 11.0 Å². The van der Waals surface area contributed by atoms with Gasteiger partial charge < -0.3 is 10.4 Å². The fraction of sp³-hybridized carbons (Fsp3) is 0.429. The first-order valence-electron chi connectivity index (χ1n) is 6.16. The molecule has 0 bridgehead atoms. The lowest BCUT2D eigenvalue weighted by Crippen LogP contribution is -2.37. The zero-order valence-electron chi connectivity index (χ0n) is 11.0. The maximum Gasteiger partial charge on any atom is 0.311 e. The van der Waals surface area contributed by atoms with Crippen LogP contribution in [-0.2, 0) is 4.79 Å². The zero-order chi connectivity index (χ0) is 14.5. The number of nitrogens with zero attached hydrogens (tertiary/aromatic N) is 1. The maximum atomic E-state index is 11.4. The third-order valence-electron chi connectivity index (χ3n) is 3.53. The highest BCUT2D eigenvalue weighted by atomic mass is 79.9. The minimum atomic E-state index is -0.807. The highest BCUT2D eigenvalue weighted by Gasteiger charge is 2.34. The first-order chi connectivity index (χ1) is 8.99. The number of hydrogen-bond donors (Lipinski definition) is 2. The average molecular weight is 325 g/mol. The number of halogens is 1. The Morgan fingerprint density at radius 2 is 2.11 bits per heavy atom. The third kappa shape index (κ3) is 3.48. The van der Waals surface area contributed by atoms with Crippen molar-refractivity contribution in [2.75, 3.05) is 11.9 Å². The van der Waals surface area contributed by atoms with Crippen LogP contribution in [0.1, 0.15) is 32.3 Å². The number of anilines is 1. The predicted octanol–water partition coefficient (Wildman–Crippen LogP) is 3.62. The second-order valence-corrected chi connectivity index (χ2v) is 5.36. The molecule has 19 heavy (non-hydrogen) atoms. The van der Waals surface area contributed by atoms with E-state index in [4.69, 9.17) is 5.26 Å². The molecular formula is C14H17BrN2O2. The summed E-state index contributed by atoms with van der Waals surface area (Å²) in [5.41, 5.74) is 0.369. The molecule has 0 atom stereocenters. The summed E-state index contributed by atoms with van der Waals surface area (Å²) in [5.74, 6) is -0.807. The molecule has 0 heterocycles. The van der Waals surface area contributed by atoms with Gasteiger partial charge in [-0.25, -0.2) is 0 Å². The topological polar surface area (TPSA) is 73.1 Å². The van der Waals surface area contributed by atoms with Gasteiger partial charge in [0.15, 0.2) is 0 Å². The molecule has 0 spiro atoms. The van der Waals surface area contributed by atoms with Crippen LogP contribution in [0.3, 0.4) is 0 Å². The van der Waals surface area contributed by atoms with Crippen LogP contribution in [0.5, 0.6) is 0 Å². The molecule has 0 unspecified atom stereocenters. The molecule has 4 nitrogen and oxygen atoms in total. The fourth-order valence-electron chi connectivity index (χ4n) is 1.90. The monoisotopic (exact) mass is 324 g/mol. The summed E-state index contributed by atoms with van der Waals surface area (Å²) < 4.78 is 0.850. The largest absolute Gasteiger partial charge is 0.481 e. The summed E-state index contributed by atoms with van der Waals surface area (Å²) in [4.78, 5) is 11.4. The van der Waals surface area contributed by atoms with E-state index >= 15 is 0 Å². The molecule has 1 aromatic carbocycles. The van der Waals surface area contributed by atoms with Crippen molar-refractivity contribution in [2.24, 2.45) is 5.41 Å². The number of carboxylic acids is 1. The summed E-state index contributed by atoms with van der Waals surface area (Å²) in [6.45, 7) is 4.04. The van der Waals surface area contributed by atoms with Gasteiger partial charge in [0.25, 0.3) is 0 Å². The Balaban J connectivity index is 2.95.